The molecule has 0 fully saturated rings. The summed E-state index contributed by atoms with van der Waals surface area (Å²) in [5.41, 5.74) is 1.86. The summed E-state index contributed by atoms with van der Waals surface area (Å²) >= 11 is 0. The van der Waals surface area contributed by atoms with Gasteiger partial charge in [-0.3, -0.25) is 15.0 Å². The molecule has 0 aliphatic rings. The Hall–Kier alpha value is -2.33. The maximum absolute atomic E-state index is 12.3. The standard InChI is InChI=1S/C15H23N3O6S/c1-5-23-12-8-7-11(9-13(12)24-6-2)25(21,22)18-17-15(20)14(19)16-10(3)4/h7-10,18H,5-6H2,1-4H3,(H,16,19)(H,17,20). The number of nitrogens with one attached hydrogen (secondary N) is 3. The molecule has 0 saturated carbocycles. The monoisotopic (exact) mass is 373 g/mol. The molecule has 0 saturated heterocycles. The maximum atomic E-state index is 12.3. The van der Waals surface area contributed by atoms with Crippen LogP contribution in [0.4, 0.5) is 0 Å². The lowest BCUT2D eigenvalue weighted by atomic mass is 10.3. The molecule has 1 rings (SSSR count). The molecule has 0 aliphatic carbocycles. The first kappa shape index (κ1) is 20.7. The fraction of sp³-hybridized carbons (Fsp3) is 0.467. The van der Waals surface area contributed by atoms with E-state index in [0.29, 0.717) is 19.0 Å². The van der Waals surface area contributed by atoms with E-state index >= 15 is 0 Å². The van der Waals surface area contributed by atoms with Gasteiger partial charge in [0, 0.05) is 12.1 Å². The molecule has 0 aliphatic heterocycles. The van der Waals surface area contributed by atoms with Crippen LogP contribution in [0.3, 0.4) is 0 Å². The van der Waals surface area contributed by atoms with Crippen molar-refractivity contribution in [1.29, 1.82) is 0 Å². The Balaban J connectivity index is 2.89. The Labute approximate surface area is 147 Å². The van der Waals surface area contributed by atoms with Gasteiger partial charge in [-0.1, -0.05) is 0 Å². The topological polar surface area (TPSA) is 123 Å². The average Bonchev–Trinajstić information content (AvgIpc) is 2.54. The number of hydrogen-bond acceptors (Lipinski definition) is 6. The molecule has 1 aromatic carbocycles. The second-order valence-corrected chi connectivity index (χ2v) is 6.84. The lowest BCUT2D eigenvalue weighted by molar-refractivity contribution is -0.139. The summed E-state index contributed by atoms with van der Waals surface area (Å²) in [7, 11) is -4.09. The molecule has 3 N–H and O–H groups in total. The highest BCUT2D eigenvalue weighted by Crippen LogP contribution is 2.30. The van der Waals surface area contributed by atoms with Crippen molar-refractivity contribution in [3.8, 4) is 11.5 Å². The fourth-order valence-corrected chi connectivity index (χ4v) is 2.61. The Morgan fingerprint density at radius 1 is 1.04 bits per heavy atom. The van der Waals surface area contributed by atoms with E-state index in [1.165, 1.54) is 18.2 Å². The molecule has 0 aromatic heterocycles. The van der Waals surface area contributed by atoms with Crippen LogP contribution < -0.4 is 25.0 Å². The van der Waals surface area contributed by atoms with Gasteiger partial charge >= 0.3 is 11.8 Å². The van der Waals surface area contributed by atoms with Gasteiger partial charge in [-0.25, -0.2) is 8.42 Å². The number of amides is 2. The predicted octanol–water partition coefficient (Wildman–Crippen LogP) is 0.318. The molecule has 1 aromatic rings. The van der Waals surface area contributed by atoms with Crippen LogP contribution in [-0.4, -0.2) is 39.5 Å². The van der Waals surface area contributed by atoms with Gasteiger partial charge in [-0.05, 0) is 39.8 Å². The molecule has 0 atom stereocenters. The number of sulfonamides is 1. The SMILES string of the molecule is CCOc1ccc(S(=O)(=O)NNC(=O)C(=O)NC(C)C)cc1OCC. The number of carbonyl (C=O) groups is 2. The van der Waals surface area contributed by atoms with E-state index in [-0.39, 0.29) is 16.7 Å². The zero-order chi connectivity index (χ0) is 19.0. The Morgan fingerprint density at radius 3 is 2.20 bits per heavy atom. The first-order chi connectivity index (χ1) is 11.7. The summed E-state index contributed by atoms with van der Waals surface area (Å²) in [5.74, 6) is -1.40. The minimum Gasteiger partial charge on any atom is -0.490 e. The largest absolute Gasteiger partial charge is 0.490 e. The molecule has 25 heavy (non-hydrogen) atoms. The fourth-order valence-electron chi connectivity index (χ4n) is 1.76. The van der Waals surface area contributed by atoms with Crippen molar-refractivity contribution in [2.24, 2.45) is 0 Å². The summed E-state index contributed by atoms with van der Waals surface area (Å²) in [4.78, 5) is 24.8. The third kappa shape index (κ3) is 6.24. The van der Waals surface area contributed by atoms with Gasteiger partial charge in [0.25, 0.3) is 10.0 Å². The molecule has 9 nitrogen and oxygen atoms in total. The summed E-state index contributed by atoms with van der Waals surface area (Å²) in [6.45, 7) is 7.60. The molecule has 0 bridgehead atoms. The van der Waals surface area contributed by atoms with Crippen LogP contribution in [0, 0.1) is 0 Å². The highest BCUT2D eigenvalue weighted by molar-refractivity contribution is 7.89. The molecule has 2 amide bonds. The van der Waals surface area contributed by atoms with Crippen LogP contribution >= 0.6 is 0 Å². The first-order valence-electron chi connectivity index (χ1n) is 7.73. The number of benzene rings is 1. The van der Waals surface area contributed by atoms with Crippen LogP contribution in [0.5, 0.6) is 11.5 Å². The lowest BCUT2D eigenvalue weighted by Crippen LogP contribution is -2.49. The van der Waals surface area contributed by atoms with E-state index in [4.69, 9.17) is 9.47 Å². The van der Waals surface area contributed by atoms with Crippen LogP contribution in [0.1, 0.15) is 27.7 Å². The van der Waals surface area contributed by atoms with Gasteiger partial charge < -0.3 is 14.8 Å². The highest BCUT2D eigenvalue weighted by Gasteiger charge is 2.21. The number of rotatable bonds is 8. The van der Waals surface area contributed by atoms with Crippen molar-refractivity contribution in [1.82, 2.24) is 15.6 Å². The van der Waals surface area contributed by atoms with Gasteiger partial charge in [0.2, 0.25) is 0 Å². The molecule has 0 heterocycles. The van der Waals surface area contributed by atoms with E-state index < -0.39 is 21.8 Å². The smallest absolute Gasteiger partial charge is 0.324 e. The third-order valence-corrected chi connectivity index (χ3v) is 4.00. The van der Waals surface area contributed by atoms with E-state index in [0.717, 1.165) is 0 Å². The predicted molar refractivity (Wildman–Crippen MR) is 90.5 cm³/mol. The lowest BCUT2D eigenvalue weighted by Gasteiger charge is -2.13. The third-order valence-electron chi connectivity index (χ3n) is 2.75. The van der Waals surface area contributed by atoms with Crippen molar-refractivity contribution < 1.29 is 27.5 Å². The van der Waals surface area contributed by atoms with Gasteiger partial charge in [0.1, 0.15) is 0 Å². The Morgan fingerprint density at radius 2 is 1.64 bits per heavy atom. The summed E-state index contributed by atoms with van der Waals surface area (Å²) < 4.78 is 35.2. The number of hydrogen-bond donors (Lipinski definition) is 3. The maximum Gasteiger partial charge on any atom is 0.324 e. The summed E-state index contributed by atoms with van der Waals surface area (Å²) in [6, 6.07) is 3.78. The number of ether oxygens (including phenoxy) is 2. The zero-order valence-electron chi connectivity index (χ0n) is 14.6. The molecule has 0 unspecified atom stereocenters. The van der Waals surface area contributed by atoms with Crippen LogP contribution in [0.2, 0.25) is 0 Å². The summed E-state index contributed by atoms with van der Waals surface area (Å²) in [6.07, 6.45) is 0. The average molecular weight is 373 g/mol. The second kappa shape index (κ2) is 9.23. The van der Waals surface area contributed by atoms with Crippen molar-refractivity contribution in [2.75, 3.05) is 13.2 Å². The molecular formula is C15H23N3O6S. The van der Waals surface area contributed by atoms with E-state index in [2.05, 4.69) is 5.32 Å². The van der Waals surface area contributed by atoms with Crippen LogP contribution in [0.25, 0.3) is 0 Å². The molecule has 140 valence electrons. The Kier molecular flexibility index (Phi) is 7.65. The van der Waals surface area contributed by atoms with Crippen molar-refractivity contribution in [3.05, 3.63) is 18.2 Å². The van der Waals surface area contributed by atoms with E-state index in [1.807, 2.05) is 10.3 Å². The van der Waals surface area contributed by atoms with Gasteiger partial charge in [-0.15, -0.1) is 4.83 Å². The van der Waals surface area contributed by atoms with Crippen molar-refractivity contribution >= 4 is 21.8 Å². The zero-order valence-corrected chi connectivity index (χ0v) is 15.4. The highest BCUT2D eigenvalue weighted by atomic mass is 32.2. The van der Waals surface area contributed by atoms with Crippen molar-refractivity contribution in [2.45, 2.75) is 38.6 Å². The molecule has 0 spiro atoms. The second-order valence-electron chi connectivity index (χ2n) is 5.16. The normalized spacial score (nSPS) is 11.1. The quantitative estimate of drug-likeness (QED) is 0.445. The van der Waals surface area contributed by atoms with E-state index in [9.17, 15) is 18.0 Å². The minimum absolute atomic E-state index is 0.149. The molecule has 10 heteroatoms. The van der Waals surface area contributed by atoms with Crippen molar-refractivity contribution in [3.63, 3.8) is 0 Å². The van der Waals surface area contributed by atoms with Gasteiger partial charge in [0.05, 0.1) is 18.1 Å². The summed E-state index contributed by atoms with van der Waals surface area (Å²) in [5, 5.41) is 2.34. The first-order valence-corrected chi connectivity index (χ1v) is 9.21. The number of hydrazine groups is 1. The van der Waals surface area contributed by atoms with Crippen LogP contribution in [-0.2, 0) is 19.6 Å². The molecular weight excluding hydrogens is 350 g/mol. The number of carbonyl (C=O) groups excluding carboxylic acids is 2. The van der Waals surface area contributed by atoms with Crippen LogP contribution in [0.15, 0.2) is 23.1 Å². The Bertz CT molecular complexity index is 718. The minimum atomic E-state index is -4.09. The van der Waals surface area contributed by atoms with Gasteiger partial charge in [0.15, 0.2) is 11.5 Å². The van der Waals surface area contributed by atoms with E-state index in [1.54, 1.807) is 27.7 Å². The molecule has 0 radical (unpaired) electrons. The van der Waals surface area contributed by atoms with Gasteiger partial charge in [-0.2, -0.15) is 0 Å².